The van der Waals surface area contributed by atoms with Crippen LogP contribution in [0.25, 0.3) is 60.9 Å². The summed E-state index contributed by atoms with van der Waals surface area (Å²) < 4.78 is 77.4. The number of benzene rings is 3. The molecular formula is C38H30F3N7O4S. The first-order valence-electron chi connectivity index (χ1n) is 16.5. The number of hydrogen-bond acceptors (Lipinski definition) is 8. The topological polar surface area (TPSA) is 137 Å². The number of amides is 1. The standard InChI is InChI=1S/C38H30F3N7O4S/c1-43-37(49)35-27-13-25(31(46(2)53(3,50)51)16-33(27)52-36(35)21-7-9-23(39)10-8-21)28-14-26-29(18-44-28)45-34(19-47-12-11-38(40,41)20-47)48-30-6-4-5-22(17-42)24(30)15-32(26)48/h4-10,13-16,18H,11-12,19-20H2,1-3H3,(H,43,49). The summed E-state index contributed by atoms with van der Waals surface area (Å²) in [5.74, 6) is -3.10. The number of alkyl halides is 2. The third-order valence-corrected chi connectivity index (χ3v) is 10.9. The Bertz CT molecular complexity index is 2810. The van der Waals surface area contributed by atoms with E-state index in [2.05, 4.69) is 11.4 Å². The molecule has 11 nitrogen and oxygen atoms in total. The van der Waals surface area contributed by atoms with Crippen LogP contribution in [0.3, 0.4) is 0 Å². The maximum atomic E-state index is 14.2. The second kappa shape index (κ2) is 12.3. The maximum Gasteiger partial charge on any atom is 0.261 e. The molecule has 0 bridgehead atoms. The minimum Gasteiger partial charge on any atom is -0.455 e. The lowest BCUT2D eigenvalue weighted by Crippen LogP contribution is -2.26. The molecule has 3 aromatic carbocycles. The van der Waals surface area contributed by atoms with Crippen LogP contribution in [0.2, 0.25) is 0 Å². The molecule has 1 saturated heterocycles. The zero-order valence-corrected chi connectivity index (χ0v) is 29.4. The molecule has 0 atom stereocenters. The van der Waals surface area contributed by atoms with Gasteiger partial charge in [0.1, 0.15) is 23.0 Å². The van der Waals surface area contributed by atoms with Gasteiger partial charge in [-0.3, -0.25) is 23.4 Å². The van der Waals surface area contributed by atoms with Crippen LogP contribution in [0.15, 0.2) is 77.3 Å². The summed E-state index contributed by atoms with van der Waals surface area (Å²) in [6.45, 7) is -0.0758. The highest BCUT2D eigenvalue weighted by Crippen LogP contribution is 2.42. The van der Waals surface area contributed by atoms with Gasteiger partial charge in [-0.25, -0.2) is 26.6 Å². The molecule has 7 aromatic rings. The number of pyridine rings is 1. The van der Waals surface area contributed by atoms with Crippen LogP contribution < -0.4 is 9.62 Å². The van der Waals surface area contributed by atoms with Gasteiger partial charge in [0, 0.05) is 60.4 Å². The third-order valence-electron chi connectivity index (χ3n) is 9.73. The van der Waals surface area contributed by atoms with E-state index in [0.29, 0.717) is 60.9 Å². The smallest absolute Gasteiger partial charge is 0.261 e. The lowest BCUT2D eigenvalue weighted by Gasteiger charge is -2.21. The van der Waals surface area contributed by atoms with Gasteiger partial charge in [-0.2, -0.15) is 5.26 Å². The third kappa shape index (κ3) is 5.80. The Hall–Kier alpha value is -5.98. The van der Waals surface area contributed by atoms with E-state index < -0.39 is 34.2 Å². The first-order valence-corrected chi connectivity index (χ1v) is 18.4. The van der Waals surface area contributed by atoms with Crippen LogP contribution in [0.5, 0.6) is 0 Å². The number of sulfonamides is 1. The average Bonchev–Trinajstić information content (AvgIpc) is 3.82. The monoisotopic (exact) mass is 737 g/mol. The zero-order chi connectivity index (χ0) is 37.4. The van der Waals surface area contributed by atoms with Gasteiger partial charge in [0.15, 0.2) is 0 Å². The van der Waals surface area contributed by atoms with Crippen LogP contribution in [-0.4, -0.2) is 73.0 Å². The Morgan fingerprint density at radius 1 is 1.08 bits per heavy atom. The fraction of sp³-hybridized carbons (Fsp3) is 0.211. The van der Waals surface area contributed by atoms with Crippen molar-refractivity contribution in [1.29, 1.82) is 5.26 Å². The molecule has 1 amide bonds. The van der Waals surface area contributed by atoms with Crippen LogP contribution in [0.4, 0.5) is 18.9 Å². The van der Waals surface area contributed by atoms with E-state index in [-0.39, 0.29) is 42.1 Å². The van der Waals surface area contributed by atoms with E-state index in [1.165, 1.54) is 50.6 Å². The van der Waals surface area contributed by atoms with Gasteiger partial charge in [0.2, 0.25) is 10.0 Å². The quantitative estimate of drug-likeness (QED) is 0.190. The molecule has 0 saturated carbocycles. The van der Waals surface area contributed by atoms with Gasteiger partial charge in [-0.15, -0.1) is 0 Å². The summed E-state index contributed by atoms with van der Waals surface area (Å²) >= 11 is 0. The van der Waals surface area contributed by atoms with E-state index in [0.717, 1.165) is 10.6 Å². The van der Waals surface area contributed by atoms with Crippen LogP contribution in [-0.2, 0) is 16.6 Å². The molecule has 0 spiro atoms. The van der Waals surface area contributed by atoms with Crippen molar-refractivity contribution in [2.45, 2.75) is 18.9 Å². The highest BCUT2D eigenvalue weighted by Gasteiger charge is 2.38. The number of anilines is 1. The van der Waals surface area contributed by atoms with E-state index in [1.54, 1.807) is 29.2 Å². The molecular weight excluding hydrogens is 708 g/mol. The van der Waals surface area contributed by atoms with Crippen molar-refractivity contribution in [1.82, 2.24) is 24.6 Å². The Kier molecular flexibility index (Phi) is 7.93. The summed E-state index contributed by atoms with van der Waals surface area (Å²) in [6.07, 6.45) is 2.34. The molecule has 5 heterocycles. The van der Waals surface area contributed by atoms with Crippen LogP contribution in [0, 0.1) is 17.1 Å². The van der Waals surface area contributed by atoms with E-state index >= 15 is 0 Å². The van der Waals surface area contributed by atoms with Crippen molar-refractivity contribution in [2.24, 2.45) is 0 Å². The number of likely N-dealkylation sites (tertiary alicyclic amines) is 1. The normalized spacial score (nSPS) is 14.7. The molecule has 1 N–H and O–H groups in total. The van der Waals surface area contributed by atoms with Crippen LogP contribution >= 0.6 is 0 Å². The van der Waals surface area contributed by atoms with Crippen molar-refractivity contribution in [3.8, 4) is 28.7 Å². The molecule has 0 aliphatic carbocycles. The molecule has 8 rings (SSSR count). The Balaban J connectivity index is 1.40. The number of fused-ring (bicyclic) bond motifs is 6. The van der Waals surface area contributed by atoms with Gasteiger partial charge in [0.25, 0.3) is 11.8 Å². The van der Waals surface area contributed by atoms with Crippen molar-refractivity contribution in [3.05, 3.63) is 95.7 Å². The minimum atomic E-state index is -3.83. The van der Waals surface area contributed by atoms with E-state index in [9.17, 15) is 31.6 Å². The Morgan fingerprint density at radius 3 is 2.53 bits per heavy atom. The van der Waals surface area contributed by atoms with Gasteiger partial charge in [-0.1, -0.05) is 6.07 Å². The number of rotatable bonds is 7. The molecule has 15 heteroatoms. The summed E-state index contributed by atoms with van der Waals surface area (Å²) in [7, 11) is -0.969. The number of hydrogen-bond donors (Lipinski definition) is 1. The predicted molar refractivity (Wildman–Crippen MR) is 195 cm³/mol. The van der Waals surface area contributed by atoms with Gasteiger partial charge in [-0.05, 0) is 54.6 Å². The number of nitrogens with one attached hydrogen (secondary N) is 1. The van der Waals surface area contributed by atoms with Crippen molar-refractivity contribution in [2.75, 3.05) is 37.7 Å². The van der Waals surface area contributed by atoms with E-state index in [4.69, 9.17) is 14.4 Å². The van der Waals surface area contributed by atoms with Gasteiger partial charge in [0.05, 0.1) is 70.7 Å². The number of carbonyl (C=O) groups excluding carboxylic acids is 1. The van der Waals surface area contributed by atoms with Crippen molar-refractivity contribution >= 4 is 59.9 Å². The first-order chi connectivity index (χ1) is 25.3. The maximum absolute atomic E-state index is 14.2. The molecule has 1 aliphatic heterocycles. The number of aromatic nitrogens is 3. The fourth-order valence-corrected chi connectivity index (χ4v) is 7.57. The molecule has 0 unspecified atom stereocenters. The zero-order valence-electron chi connectivity index (χ0n) is 28.6. The summed E-state index contributed by atoms with van der Waals surface area (Å²) in [5.41, 5.74) is 3.88. The number of nitriles is 1. The molecule has 53 heavy (non-hydrogen) atoms. The van der Waals surface area contributed by atoms with Gasteiger partial charge < -0.3 is 9.73 Å². The minimum absolute atomic E-state index is 0.128. The molecule has 0 radical (unpaired) electrons. The number of halogens is 3. The average molecular weight is 738 g/mol. The lowest BCUT2D eigenvalue weighted by atomic mass is 10.00. The first kappa shape index (κ1) is 34.1. The Morgan fingerprint density at radius 2 is 1.85 bits per heavy atom. The largest absolute Gasteiger partial charge is 0.455 e. The number of carbonyl (C=O) groups is 1. The molecule has 268 valence electrons. The highest BCUT2D eigenvalue weighted by molar-refractivity contribution is 7.92. The Labute approximate surface area is 300 Å². The van der Waals surface area contributed by atoms with Crippen molar-refractivity contribution < 1.29 is 30.8 Å². The molecule has 1 fully saturated rings. The SMILES string of the molecule is CNC(=O)c1c(-c2ccc(F)cc2)oc2cc(N(C)S(C)(=O)=O)c(-c3cc4c(cn3)nc(CN3CCC(F)(F)C3)n3c5cccc(C#N)c5cc43)cc12. The molecule has 4 aromatic heterocycles. The lowest BCUT2D eigenvalue weighted by molar-refractivity contribution is 0.0112. The fourth-order valence-electron chi connectivity index (χ4n) is 7.06. The van der Waals surface area contributed by atoms with Crippen molar-refractivity contribution in [3.63, 3.8) is 0 Å². The predicted octanol–water partition coefficient (Wildman–Crippen LogP) is 6.72. The highest BCUT2D eigenvalue weighted by atomic mass is 32.2. The molecule has 1 aliphatic rings. The van der Waals surface area contributed by atoms with Crippen LogP contribution in [0.1, 0.15) is 28.2 Å². The summed E-state index contributed by atoms with van der Waals surface area (Å²) in [6, 6.07) is 19.7. The van der Waals surface area contributed by atoms with E-state index in [1.807, 2.05) is 16.5 Å². The second-order valence-corrected chi connectivity index (χ2v) is 15.1. The van der Waals surface area contributed by atoms with Gasteiger partial charge >= 0.3 is 0 Å². The summed E-state index contributed by atoms with van der Waals surface area (Å²) in [4.78, 5) is 24.6. The number of nitrogens with zero attached hydrogens (tertiary/aromatic N) is 6. The summed E-state index contributed by atoms with van der Waals surface area (Å²) in [5, 5.41) is 14.2. The second-order valence-electron chi connectivity index (χ2n) is 13.1. The number of furan rings is 1.